The van der Waals surface area contributed by atoms with Crippen LogP contribution in [0.3, 0.4) is 0 Å². The first-order valence-electron chi connectivity index (χ1n) is 10.1. The smallest absolute Gasteiger partial charge is 0.235 e. The molecule has 0 N–H and O–H groups in total. The minimum absolute atomic E-state index is 0.192. The molecule has 6 nitrogen and oxygen atoms in total. The largest absolute Gasteiger partial charge is 0.493 e. The molecule has 4 aliphatic carbocycles. The molecule has 28 heavy (non-hydrogen) atoms. The highest BCUT2D eigenvalue weighted by molar-refractivity contribution is 7.19. The van der Waals surface area contributed by atoms with Gasteiger partial charge < -0.3 is 9.47 Å². The van der Waals surface area contributed by atoms with Gasteiger partial charge in [-0.1, -0.05) is 11.3 Å². The molecule has 0 spiro atoms. The van der Waals surface area contributed by atoms with E-state index in [1.807, 2.05) is 22.7 Å². The van der Waals surface area contributed by atoms with Crippen molar-refractivity contribution in [1.29, 1.82) is 0 Å². The minimum atomic E-state index is 0.192. The molecule has 0 saturated heterocycles. The summed E-state index contributed by atoms with van der Waals surface area (Å²) in [7, 11) is 3.31. The van der Waals surface area contributed by atoms with E-state index in [1.54, 1.807) is 25.6 Å². The molecular formula is C21H24N4O2S. The van der Waals surface area contributed by atoms with E-state index in [9.17, 15) is 0 Å². The Balaban J connectivity index is 1.42. The van der Waals surface area contributed by atoms with Crippen molar-refractivity contribution in [2.75, 3.05) is 14.2 Å². The second-order valence-electron chi connectivity index (χ2n) is 8.89. The summed E-state index contributed by atoms with van der Waals surface area (Å²) >= 11 is 1.59. The van der Waals surface area contributed by atoms with Gasteiger partial charge in [-0.25, -0.2) is 0 Å². The molecule has 146 valence electrons. The van der Waals surface area contributed by atoms with Crippen LogP contribution in [0.2, 0.25) is 0 Å². The lowest BCUT2D eigenvalue weighted by atomic mass is 9.49. The van der Waals surface area contributed by atoms with Crippen LogP contribution in [0.15, 0.2) is 18.2 Å². The van der Waals surface area contributed by atoms with E-state index in [0.717, 1.165) is 44.9 Å². The highest BCUT2D eigenvalue weighted by Crippen LogP contribution is 2.60. The first-order chi connectivity index (χ1) is 13.7. The quantitative estimate of drug-likeness (QED) is 0.657. The maximum atomic E-state index is 5.46. The van der Waals surface area contributed by atoms with Gasteiger partial charge in [0.05, 0.1) is 14.2 Å². The zero-order chi connectivity index (χ0) is 18.9. The predicted molar refractivity (Wildman–Crippen MR) is 107 cm³/mol. The highest BCUT2D eigenvalue weighted by Gasteiger charge is 2.54. The molecule has 7 rings (SSSR count). The van der Waals surface area contributed by atoms with Crippen molar-refractivity contribution in [3.05, 3.63) is 24.0 Å². The number of nitrogens with zero attached hydrogens (tertiary/aromatic N) is 4. The molecule has 4 aliphatic rings. The minimum Gasteiger partial charge on any atom is -0.493 e. The van der Waals surface area contributed by atoms with Crippen molar-refractivity contribution in [2.45, 2.75) is 43.9 Å². The topological polar surface area (TPSA) is 61.5 Å². The Kier molecular flexibility index (Phi) is 3.55. The zero-order valence-electron chi connectivity index (χ0n) is 16.2. The number of benzene rings is 1. The van der Waals surface area contributed by atoms with E-state index in [1.165, 1.54) is 38.5 Å². The van der Waals surface area contributed by atoms with E-state index in [2.05, 4.69) is 10.2 Å². The van der Waals surface area contributed by atoms with E-state index in [4.69, 9.17) is 14.6 Å². The molecule has 7 heteroatoms. The summed E-state index contributed by atoms with van der Waals surface area (Å²) in [5, 5.41) is 15.1. The number of hydrogen-bond acceptors (Lipinski definition) is 6. The Bertz CT molecular complexity index is 1020. The molecule has 0 unspecified atom stereocenters. The molecule has 4 saturated carbocycles. The van der Waals surface area contributed by atoms with Crippen LogP contribution in [-0.2, 0) is 5.41 Å². The van der Waals surface area contributed by atoms with Gasteiger partial charge in [0.15, 0.2) is 17.3 Å². The van der Waals surface area contributed by atoms with Gasteiger partial charge in [-0.2, -0.15) is 9.61 Å². The summed E-state index contributed by atoms with van der Waals surface area (Å²) in [6, 6.07) is 5.93. The Labute approximate surface area is 167 Å². The van der Waals surface area contributed by atoms with E-state index in [0.29, 0.717) is 5.75 Å². The van der Waals surface area contributed by atoms with Crippen LogP contribution in [0.5, 0.6) is 11.5 Å². The molecule has 0 aliphatic heterocycles. The standard InChI is InChI=1S/C21H24N4O2S/c1-26-16-4-3-15(8-17(16)27-2)18-24-25-19(22-23-20(25)28-18)21-9-12-5-13(10-21)7-14(6-12)11-21/h3-4,8,12-14H,5-7,9-11H2,1-2H3. The summed E-state index contributed by atoms with van der Waals surface area (Å²) in [6.45, 7) is 0. The number of ether oxygens (including phenoxy) is 2. The van der Waals surface area contributed by atoms with Crippen LogP contribution in [0.4, 0.5) is 0 Å². The lowest BCUT2D eigenvalue weighted by Crippen LogP contribution is -2.49. The first-order valence-corrected chi connectivity index (χ1v) is 10.9. The third kappa shape index (κ3) is 2.35. The van der Waals surface area contributed by atoms with Crippen LogP contribution in [0.1, 0.15) is 44.3 Å². The van der Waals surface area contributed by atoms with Crippen molar-refractivity contribution in [3.8, 4) is 22.1 Å². The van der Waals surface area contributed by atoms with Gasteiger partial charge in [0.1, 0.15) is 5.01 Å². The Morgan fingerprint density at radius 2 is 1.64 bits per heavy atom. The van der Waals surface area contributed by atoms with Gasteiger partial charge in [-0.05, 0) is 74.5 Å². The number of methoxy groups -OCH3 is 2. The number of fused-ring (bicyclic) bond motifs is 1. The van der Waals surface area contributed by atoms with Gasteiger partial charge in [0.2, 0.25) is 4.96 Å². The lowest BCUT2D eigenvalue weighted by Gasteiger charge is -2.55. The summed E-state index contributed by atoms with van der Waals surface area (Å²) < 4.78 is 12.8. The number of rotatable bonds is 4. The first kappa shape index (κ1) is 16.8. The predicted octanol–water partition coefficient (Wildman–Crippen LogP) is 4.34. The van der Waals surface area contributed by atoms with E-state index < -0.39 is 0 Å². The molecule has 0 atom stereocenters. The van der Waals surface area contributed by atoms with Gasteiger partial charge in [-0.15, -0.1) is 10.2 Å². The second kappa shape index (κ2) is 5.92. The lowest BCUT2D eigenvalue weighted by molar-refractivity contribution is -0.0103. The Hall–Kier alpha value is -2.15. The summed E-state index contributed by atoms with van der Waals surface area (Å²) in [6.07, 6.45) is 8.08. The summed E-state index contributed by atoms with van der Waals surface area (Å²) in [5.74, 6) is 5.17. The van der Waals surface area contributed by atoms with Crippen molar-refractivity contribution >= 4 is 16.3 Å². The second-order valence-corrected chi connectivity index (χ2v) is 9.85. The van der Waals surface area contributed by atoms with Crippen molar-refractivity contribution in [3.63, 3.8) is 0 Å². The summed E-state index contributed by atoms with van der Waals surface area (Å²) in [5.41, 5.74) is 1.21. The monoisotopic (exact) mass is 396 g/mol. The average Bonchev–Trinajstić information content (AvgIpc) is 3.27. The third-order valence-corrected chi connectivity index (χ3v) is 8.08. The maximum absolute atomic E-state index is 5.46. The third-order valence-electron chi connectivity index (χ3n) is 7.13. The van der Waals surface area contributed by atoms with E-state index >= 15 is 0 Å². The highest BCUT2D eigenvalue weighted by atomic mass is 32.1. The van der Waals surface area contributed by atoms with E-state index in [-0.39, 0.29) is 5.41 Å². The van der Waals surface area contributed by atoms with Gasteiger partial charge in [0.25, 0.3) is 0 Å². The molecular weight excluding hydrogens is 372 g/mol. The molecule has 4 bridgehead atoms. The Morgan fingerprint density at radius 1 is 0.964 bits per heavy atom. The zero-order valence-corrected chi connectivity index (χ0v) is 17.0. The van der Waals surface area contributed by atoms with Crippen molar-refractivity contribution in [2.24, 2.45) is 17.8 Å². The van der Waals surface area contributed by atoms with Crippen molar-refractivity contribution < 1.29 is 9.47 Å². The van der Waals surface area contributed by atoms with Gasteiger partial charge >= 0.3 is 0 Å². The van der Waals surface area contributed by atoms with Gasteiger partial charge in [-0.3, -0.25) is 0 Å². The Morgan fingerprint density at radius 3 is 2.29 bits per heavy atom. The summed E-state index contributed by atoms with van der Waals surface area (Å²) in [4.78, 5) is 0.885. The van der Waals surface area contributed by atoms with Crippen LogP contribution < -0.4 is 9.47 Å². The number of aromatic nitrogens is 4. The van der Waals surface area contributed by atoms with Crippen LogP contribution in [0.25, 0.3) is 15.5 Å². The van der Waals surface area contributed by atoms with Crippen LogP contribution in [-0.4, -0.2) is 34.0 Å². The van der Waals surface area contributed by atoms with Crippen LogP contribution >= 0.6 is 11.3 Å². The van der Waals surface area contributed by atoms with Crippen LogP contribution in [0, 0.1) is 17.8 Å². The molecule has 2 heterocycles. The molecule has 3 aromatic rings. The SMILES string of the molecule is COc1ccc(-c2nn3c(C45CC6CC(CC(C6)C4)C5)nnc3s2)cc1OC. The maximum Gasteiger partial charge on any atom is 0.235 e. The van der Waals surface area contributed by atoms with Gasteiger partial charge in [0, 0.05) is 11.0 Å². The molecule has 2 aromatic heterocycles. The molecule has 4 fully saturated rings. The normalized spacial score (nSPS) is 30.9. The average molecular weight is 397 g/mol. The fourth-order valence-corrected chi connectivity index (χ4v) is 7.25. The fourth-order valence-electron chi connectivity index (χ4n) is 6.42. The van der Waals surface area contributed by atoms with Crippen molar-refractivity contribution in [1.82, 2.24) is 19.8 Å². The molecule has 0 radical (unpaired) electrons. The number of hydrogen-bond donors (Lipinski definition) is 0. The molecule has 1 aromatic carbocycles. The fraction of sp³-hybridized carbons (Fsp3) is 0.571. The molecule has 0 amide bonds.